The molecule has 1 amide bonds. The van der Waals surface area contributed by atoms with E-state index in [1.807, 2.05) is 37.8 Å². The Morgan fingerprint density at radius 3 is 2.31 bits per heavy atom. The highest BCUT2D eigenvalue weighted by Gasteiger charge is 2.27. The van der Waals surface area contributed by atoms with E-state index in [9.17, 15) is 14.7 Å². The zero-order valence-electron chi connectivity index (χ0n) is 21.9. The van der Waals surface area contributed by atoms with Crippen LogP contribution in [0, 0.1) is 34.6 Å². The Morgan fingerprint density at radius 2 is 1.69 bits per heavy atom. The van der Waals surface area contributed by atoms with Crippen LogP contribution in [-0.4, -0.2) is 40.5 Å². The van der Waals surface area contributed by atoms with Crippen LogP contribution >= 0.6 is 0 Å². The number of hydrogen-bond donors (Lipinski definition) is 1. The number of carbonyl (C=O) groups excluding carboxylic acids is 1. The van der Waals surface area contributed by atoms with Crippen LogP contribution in [0.25, 0.3) is 0 Å². The second kappa shape index (κ2) is 10.1. The number of rotatable bonds is 6. The highest BCUT2D eigenvalue weighted by atomic mass is 16.5. The number of carbonyl (C=O) groups is 2. The summed E-state index contributed by atoms with van der Waals surface area (Å²) >= 11 is 0. The number of benzene rings is 2. The average molecular weight is 487 g/mol. The Balaban J connectivity index is 1.69. The molecular formula is C30H34N2O4. The topological polar surface area (TPSA) is 79.7 Å². The standard InChI is InChI=1S/C30H34N2O4/c1-17-11-18(2)21(5)29(20(17)4)30(35)32-10-9-22-7-8-23(13-24(22)16-32)25(14-28(33)34)26-15-31-27(36-6)12-19(26)3/h7-8,11-13,15,25H,9-10,14,16H2,1-6H3,(H,33,34)/t25-/m1/s1. The normalized spacial score (nSPS) is 13.8. The molecule has 3 aromatic rings. The van der Waals surface area contributed by atoms with Crippen LogP contribution in [0.4, 0.5) is 0 Å². The monoisotopic (exact) mass is 486 g/mol. The van der Waals surface area contributed by atoms with Crippen molar-refractivity contribution in [1.29, 1.82) is 0 Å². The van der Waals surface area contributed by atoms with Gasteiger partial charge < -0.3 is 14.7 Å². The Hall–Kier alpha value is -3.67. The molecule has 0 spiro atoms. The number of aromatic nitrogens is 1. The minimum absolute atomic E-state index is 0.0444. The van der Waals surface area contributed by atoms with Gasteiger partial charge in [-0.1, -0.05) is 24.3 Å². The molecule has 1 aliphatic heterocycles. The van der Waals surface area contributed by atoms with Gasteiger partial charge in [-0.05, 0) is 91.1 Å². The molecule has 4 rings (SSSR count). The van der Waals surface area contributed by atoms with Crippen molar-refractivity contribution in [3.8, 4) is 5.88 Å². The molecule has 0 fully saturated rings. The van der Waals surface area contributed by atoms with Crippen molar-refractivity contribution in [3.05, 3.63) is 92.2 Å². The predicted octanol–water partition coefficient (Wildman–Crippen LogP) is 5.44. The lowest BCUT2D eigenvalue weighted by molar-refractivity contribution is -0.137. The molecule has 0 bridgehead atoms. The van der Waals surface area contributed by atoms with Gasteiger partial charge in [0.2, 0.25) is 5.88 Å². The maximum absolute atomic E-state index is 13.7. The van der Waals surface area contributed by atoms with Crippen molar-refractivity contribution >= 4 is 11.9 Å². The summed E-state index contributed by atoms with van der Waals surface area (Å²) in [5.74, 6) is -0.654. The van der Waals surface area contributed by atoms with E-state index in [1.165, 1.54) is 5.56 Å². The molecule has 0 radical (unpaired) electrons. The lowest BCUT2D eigenvalue weighted by Crippen LogP contribution is -2.37. The molecule has 6 nitrogen and oxygen atoms in total. The number of nitrogens with zero attached hydrogens (tertiary/aromatic N) is 2. The van der Waals surface area contributed by atoms with Crippen LogP contribution < -0.4 is 4.74 Å². The van der Waals surface area contributed by atoms with Crippen molar-refractivity contribution in [2.24, 2.45) is 0 Å². The van der Waals surface area contributed by atoms with E-state index >= 15 is 0 Å². The first-order valence-corrected chi connectivity index (χ1v) is 12.3. The smallest absolute Gasteiger partial charge is 0.304 e. The minimum atomic E-state index is -0.870. The number of methoxy groups -OCH3 is 1. The second-order valence-electron chi connectivity index (χ2n) is 9.87. The Labute approximate surface area is 212 Å². The largest absolute Gasteiger partial charge is 0.481 e. The molecule has 2 aromatic carbocycles. The fraction of sp³-hybridized carbons (Fsp3) is 0.367. The van der Waals surface area contributed by atoms with Gasteiger partial charge in [0, 0.05) is 36.8 Å². The van der Waals surface area contributed by atoms with E-state index < -0.39 is 5.97 Å². The fourth-order valence-corrected chi connectivity index (χ4v) is 5.26. The quantitative estimate of drug-likeness (QED) is 0.502. The van der Waals surface area contributed by atoms with Crippen LogP contribution in [0.5, 0.6) is 5.88 Å². The highest BCUT2D eigenvalue weighted by Crippen LogP contribution is 2.34. The van der Waals surface area contributed by atoms with E-state index in [-0.39, 0.29) is 18.2 Å². The van der Waals surface area contributed by atoms with Crippen LogP contribution in [0.3, 0.4) is 0 Å². The molecule has 2 heterocycles. The molecule has 0 unspecified atom stereocenters. The second-order valence-corrected chi connectivity index (χ2v) is 9.87. The van der Waals surface area contributed by atoms with Gasteiger partial charge in [-0.15, -0.1) is 0 Å². The Bertz CT molecular complexity index is 1320. The SMILES string of the molecule is COc1cc(C)c([C@H](CC(=O)O)c2ccc3c(c2)CN(C(=O)c2c(C)c(C)cc(C)c2C)CC3)cn1. The number of pyridine rings is 1. The molecule has 6 heteroatoms. The summed E-state index contributed by atoms with van der Waals surface area (Å²) in [6.07, 6.45) is 2.44. The van der Waals surface area contributed by atoms with Gasteiger partial charge in [0.1, 0.15) is 0 Å². The highest BCUT2D eigenvalue weighted by molar-refractivity contribution is 5.98. The number of amides is 1. The fourth-order valence-electron chi connectivity index (χ4n) is 5.26. The summed E-state index contributed by atoms with van der Waals surface area (Å²) in [7, 11) is 1.56. The number of aryl methyl sites for hydroxylation is 3. The molecule has 0 saturated heterocycles. The van der Waals surface area contributed by atoms with Crippen molar-refractivity contribution < 1.29 is 19.4 Å². The summed E-state index contributed by atoms with van der Waals surface area (Å²) in [5, 5.41) is 9.68. The number of ether oxygens (including phenoxy) is 1. The number of fused-ring (bicyclic) bond motifs is 1. The van der Waals surface area contributed by atoms with Crippen LogP contribution in [0.2, 0.25) is 0 Å². The molecule has 36 heavy (non-hydrogen) atoms. The Kier molecular flexibility index (Phi) is 7.16. The van der Waals surface area contributed by atoms with Gasteiger partial charge >= 0.3 is 5.97 Å². The molecular weight excluding hydrogens is 452 g/mol. The molecule has 1 atom stereocenters. The van der Waals surface area contributed by atoms with Gasteiger partial charge in [0.05, 0.1) is 13.5 Å². The van der Waals surface area contributed by atoms with Gasteiger partial charge in [-0.3, -0.25) is 9.59 Å². The summed E-state index contributed by atoms with van der Waals surface area (Å²) in [6, 6.07) is 10.1. The lowest BCUT2D eigenvalue weighted by atomic mass is 9.84. The van der Waals surface area contributed by atoms with E-state index in [0.717, 1.165) is 56.5 Å². The maximum atomic E-state index is 13.7. The van der Waals surface area contributed by atoms with Gasteiger partial charge in [0.15, 0.2) is 0 Å². The van der Waals surface area contributed by atoms with E-state index in [4.69, 9.17) is 4.74 Å². The third kappa shape index (κ3) is 4.85. The van der Waals surface area contributed by atoms with Crippen LogP contribution in [-0.2, 0) is 17.8 Å². The number of aliphatic carboxylic acids is 1. The molecule has 1 aromatic heterocycles. The summed E-state index contributed by atoms with van der Waals surface area (Å²) in [6.45, 7) is 11.3. The third-order valence-electron chi connectivity index (χ3n) is 7.60. The minimum Gasteiger partial charge on any atom is -0.481 e. The van der Waals surface area contributed by atoms with E-state index in [1.54, 1.807) is 13.3 Å². The summed E-state index contributed by atoms with van der Waals surface area (Å²) < 4.78 is 5.23. The first-order valence-electron chi connectivity index (χ1n) is 12.3. The number of carboxylic acids is 1. The van der Waals surface area contributed by atoms with Gasteiger partial charge in [0.25, 0.3) is 5.91 Å². The van der Waals surface area contributed by atoms with Crippen molar-refractivity contribution in [2.75, 3.05) is 13.7 Å². The van der Waals surface area contributed by atoms with Gasteiger partial charge in [-0.25, -0.2) is 4.98 Å². The van der Waals surface area contributed by atoms with E-state index in [0.29, 0.717) is 19.0 Å². The van der Waals surface area contributed by atoms with E-state index in [2.05, 4.69) is 37.0 Å². The molecule has 188 valence electrons. The zero-order chi connectivity index (χ0) is 26.1. The van der Waals surface area contributed by atoms with Crippen molar-refractivity contribution in [1.82, 2.24) is 9.88 Å². The average Bonchev–Trinajstić information content (AvgIpc) is 2.85. The predicted molar refractivity (Wildman–Crippen MR) is 140 cm³/mol. The van der Waals surface area contributed by atoms with Crippen LogP contribution in [0.15, 0.2) is 36.5 Å². The van der Waals surface area contributed by atoms with Crippen molar-refractivity contribution in [3.63, 3.8) is 0 Å². The lowest BCUT2D eigenvalue weighted by Gasteiger charge is -2.31. The number of hydrogen-bond acceptors (Lipinski definition) is 4. The molecule has 1 aliphatic rings. The molecule has 0 aliphatic carbocycles. The zero-order valence-corrected chi connectivity index (χ0v) is 21.9. The first kappa shape index (κ1) is 25.4. The number of carboxylic acid groups (broad SMARTS) is 1. The maximum Gasteiger partial charge on any atom is 0.304 e. The van der Waals surface area contributed by atoms with Gasteiger partial charge in [-0.2, -0.15) is 0 Å². The molecule has 0 saturated carbocycles. The Morgan fingerprint density at radius 1 is 1.00 bits per heavy atom. The summed E-state index contributed by atoms with van der Waals surface area (Å²) in [5.41, 5.74) is 10.1. The van der Waals surface area contributed by atoms with Crippen LogP contribution in [0.1, 0.15) is 72.8 Å². The third-order valence-corrected chi connectivity index (χ3v) is 7.60. The summed E-state index contributed by atoms with van der Waals surface area (Å²) in [4.78, 5) is 31.7. The van der Waals surface area contributed by atoms with Crippen molar-refractivity contribution in [2.45, 2.75) is 59.9 Å². The molecule has 1 N–H and O–H groups in total. The first-order chi connectivity index (χ1) is 17.1.